The fourth-order valence-corrected chi connectivity index (χ4v) is 4.48. The first-order chi connectivity index (χ1) is 19.6. The van der Waals surface area contributed by atoms with Gasteiger partial charge in [-0.3, -0.25) is 24.0 Å². The summed E-state index contributed by atoms with van der Waals surface area (Å²) in [4.78, 5) is 64.3. The van der Waals surface area contributed by atoms with Crippen molar-refractivity contribution >= 4 is 29.5 Å². The fraction of sp³-hybridized carbons (Fsp3) is 0.414. The van der Waals surface area contributed by atoms with Crippen LogP contribution in [0.5, 0.6) is 5.75 Å². The van der Waals surface area contributed by atoms with Gasteiger partial charge in [-0.15, -0.1) is 0 Å². The molecule has 12 heteroatoms. The third kappa shape index (κ3) is 10.2. The Bertz CT molecular complexity index is 1210. The normalized spacial score (nSPS) is 21.7. The molecule has 1 heterocycles. The van der Waals surface area contributed by atoms with Crippen LogP contribution in [-0.4, -0.2) is 65.4 Å². The summed E-state index contributed by atoms with van der Waals surface area (Å²) in [5, 5.41) is 20.2. The van der Waals surface area contributed by atoms with E-state index >= 15 is 0 Å². The van der Waals surface area contributed by atoms with E-state index in [1.807, 2.05) is 6.07 Å². The van der Waals surface area contributed by atoms with Crippen molar-refractivity contribution in [3.05, 3.63) is 65.7 Å². The second-order valence-electron chi connectivity index (χ2n) is 10.1. The van der Waals surface area contributed by atoms with Crippen LogP contribution in [-0.2, 0) is 36.8 Å². The van der Waals surface area contributed by atoms with Gasteiger partial charge >= 0.3 is 0 Å². The number of amides is 5. The minimum absolute atomic E-state index is 0.0288. The third-order valence-corrected chi connectivity index (χ3v) is 6.84. The number of phenols is 1. The molecule has 2 aromatic carbocycles. The molecule has 0 radical (unpaired) electrons. The van der Waals surface area contributed by atoms with Crippen LogP contribution in [0.1, 0.15) is 43.2 Å². The summed E-state index contributed by atoms with van der Waals surface area (Å²) in [7, 11) is 0. The Morgan fingerprint density at radius 1 is 0.927 bits per heavy atom. The zero-order chi connectivity index (χ0) is 29.8. The number of aromatic hydroxyl groups is 1. The van der Waals surface area contributed by atoms with E-state index in [4.69, 9.17) is 11.5 Å². The quantitative estimate of drug-likeness (QED) is 0.234. The fourth-order valence-electron chi connectivity index (χ4n) is 4.48. The van der Waals surface area contributed by atoms with Crippen molar-refractivity contribution in [1.29, 1.82) is 0 Å². The number of rotatable bonds is 7. The average molecular weight is 567 g/mol. The molecule has 220 valence electrons. The number of hydrogen-bond donors (Lipinski definition) is 7. The number of nitrogens with one attached hydrogen (secondary N) is 4. The van der Waals surface area contributed by atoms with Crippen LogP contribution in [0.15, 0.2) is 54.6 Å². The van der Waals surface area contributed by atoms with Crippen LogP contribution < -0.4 is 32.7 Å². The molecular weight excluding hydrogens is 528 g/mol. The van der Waals surface area contributed by atoms with Crippen molar-refractivity contribution in [3.63, 3.8) is 0 Å². The lowest BCUT2D eigenvalue weighted by atomic mass is 10.0. The Kier molecular flexibility index (Phi) is 11.6. The topological polar surface area (TPSA) is 206 Å². The summed E-state index contributed by atoms with van der Waals surface area (Å²) in [6, 6.07) is 11.0. The maximum absolute atomic E-state index is 13.5. The first-order valence-electron chi connectivity index (χ1n) is 13.7. The van der Waals surface area contributed by atoms with Crippen molar-refractivity contribution < 1.29 is 29.1 Å². The molecule has 9 N–H and O–H groups in total. The molecule has 5 amide bonds. The molecule has 4 unspecified atom stereocenters. The number of benzene rings is 2. The molecule has 0 bridgehead atoms. The van der Waals surface area contributed by atoms with Crippen LogP contribution in [0, 0.1) is 0 Å². The molecule has 12 nitrogen and oxygen atoms in total. The van der Waals surface area contributed by atoms with Crippen molar-refractivity contribution in [3.8, 4) is 5.75 Å². The summed E-state index contributed by atoms with van der Waals surface area (Å²) < 4.78 is 0. The van der Waals surface area contributed by atoms with E-state index in [0.29, 0.717) is 24.9 Å². The van der Waals surface area contributed by atoms with Crippen LogP contribution in [0.2, 0.25) is 0 Å². The van der Waals surface area contributed by atoms with Gasteiger partial charge in [0.1, 0.15) is 23.9 Å². The van der Waals surface area contributed by atoms with E-state index in [1.54, 1.807) is 36.4 Å². The van der Waals surface area contributed by atoms with Gasteiger partial charge < -0.3 is 37.8 Å². The van der Waals surface area contributed by atoms with E-state index in [-0.39, 0.29) is 43.8 Å². The number of carbonyl (C=O) groups excluding carboxylic acids is 5. The van der Waals surface area contributed by atoms with Crippen LogP contribution in [0.25, 0.3) is 0 Å². The summed E-state index contributed by atoms with van der Waals surface area (Å²) >= 11 is 0. The second kappa shape index (κ2) is 15.4. The van der Waals surface area contributed by atoms with Crippen LogP contribution in [0.4, 0.5) is 0 Å². The van der Waals surface area contributed by atoms with E-state index in [9.17, 15) is 29.1 Å². The highest BCUT2D eigenvalue weighted by Gasteiger charge is 2.30. The van der Waals surface area contributed by atoms with Gasteiger partial charge in [-0.2, -0.15) is 0 Å². The lowest BCUT2D eigenvalue weighted by molar-refractivity contribution is -0.134. The zero-order valence-corrected chi connectivity index (χ0v) is 22.8. The lowest BCUT2D eigenvalue weighted by Crippen LogP contribution is -2.58. The molecule has 41 heavy (non-hydrogen) atoms. The van der Waals surface area contributed by atoms with Crippen molar-refractivity contribution in [1.82, 2.24) is 21.3 Å². The predicted octanol–water partition coefficient (Wildman–Crippen LogP) is -0.475. The largest absolute Gasteiger partial charge is 0.508 e. The SMILES string of the molecule is NC(=O)C1CCCCNC(=O)CCC(NC(=O)C(N)Cc2ccc(O)cc2)C(=O)NC(Cc2ccccc2)C(=O)N1. The summed E-state index contributed by atoms with van der Waals surface area (Å²) in [5.74, 6) is -2.82. The molecule has 1 aliphatic rings. The maximum Gasteiger partial charge on any atom is 0.243 e. The van der Waals surface area contributed by atoms with Crippen molar-refractivity contribution in [2.24, 2.45) is 11.5 Å². The molecule has 1 fully saturated rings. The highest BCUT2D eigenvalue weighted by Crippen LogP contribution is 2.12. The Hall–Kier alpha value is -4.45. The maximum atomic E-state index is 13.5. The standard InChI is InChI=1S/C29H38N6O6/c30-21(16-19-9-11-20(36)12-10-19)27(39)34-23-13-14-25(37)32-15-5-4-8-22(26(31)38)33-29(41)24(35-28(23)40)17-18-6-2-1-3-7-18/h1-3,6-7,9-12,21-24,36H,4-5,8,13-17,30H2,(H2,31,38)(H,32,37)(H,33,41)(H,34,39)(H,35,40). The molecule has 0 aromatic heterocycles. The number of hydrogen-bond acceptors (Lipinski definition) is 7. The number of nitrogens with two attached hydrogens (primary N) is 2. The first-order valence-corrected chi connectivity index (χ1v) is 13.7. The highest BCUT2D eigenvalue weighted by atomic mass is 16.3. The number of carbonyl (C=O) groups is 5. The molecule has 1 aliphatic heterocycles. The van der Waals surface area contributed by atoms with Gasteiger partial charge in [0.15, 0.2) is 0 Å². The molecule has 0 saturated carbocycles. The lowest BCUT2D eigenvalue weighted by Gasteiger charge is -2.25. The number of phenolic OH excluding ortho intramolecular Hbond substituents is 1. The Labute approximate surface area is 238 Å². The van der Waals surface area contributed by atoms with Gasteiger partial charge in [-0.1, -0.05) is 42.5 Å². The zero-order valence-electron chi connectivity index (χ0n) is 22.8. The first kappa shape index (κ1) is 31.1. The minimum atomic E-state index is -1.16. The highest BCUT2D eigenvalue weighted by molar-refractivity contribution is 5.95. The third-order valence-electron chi connectivity index (χ3n) is 6.84. The molecular formula is C29H38N6O6. The average Bonchev–Trinajstić information content (AvgIpc) is 2.95. The summed E-state index contributed by atoms with van der Waals surface area (Å²) in [6.45, 7) is 0.343. The van der Waals surface area contributed by atoms with E-state index < -0.39 is 47.8 Å². The Morgan fingerprint density at radius 2 is 1.63 bits per heavy atom. The van der Waals surface area contributed by atoms with E-state index in [0.717, 1.165) is 5.56 Å². The molecule has 0 spiro atoms. The van der Waals surface area contributed by atoms with Crippen molar-refractivity contribution in [2.45, 2.75) is 69.1 Å². The molecule has 0 aliphatic carbocycles. The Morgan fingerprint density at radius 3 is 2.32 bits per heavy atom. The predicted molar refractivity (Wildman–Crippen MR) is 151 cm³/mol. The molecule has 4 atom stereocenters. The van der Waals surface area contributed by atoms with Gasteiger partial charge in [-0.25, -0.2) is 0 Å². The summed E-state index contributed by atoms with van der Waals surface area (Å²) in [5.41, 5.74) is 13.1. The van der Waals surface area contributed by atoms with Crippen molar-refractivity contribution in [2.75, 3.05) is 6.54 Å². The second-order valence-corrected chi connectivity index (χ2v) is 10.1. The van der Waals surface area contributed by atoms with Gasteiger partial charge in [0.2, 0.25) is 29.5 Å². The minimum Gasteiger partial charge on any atom is -0.508 e. The smallest absolute Gasteiger partial charge is 0.243 e. The van der Waals surface area contributed by atoms with Gasteiger partial charge in [0.25, 0.3) is 0 Å². The van der Waals surface area contributed by atoms with Crippen LogP contribution in [0.3, 0.4) is 0 Å². The number of primary amides is 1. The molecule has 3 rings (SSSR count). The molecule has 2 aromatic rings. The monoisotopic (exact) mass is 566 g/mol. The van der Waals surface area contributed by atoms with Crippen LogP contribution >= 0.6 is 0 Å². The van der Waals surface area contributed by atoms with Gasteiger partial charge in [0, 0.05) is 19.4 Å². The summed E-state index contributed by atoms with van der Waals surface area (Å²) in [6.07, 6.45) is 1.55. The van der Waals surface area contributed by atoms with Gasteiger partial charge in [-0.05, 0) is 55.4 Å². The van der Waals surface area contributed by atoms with E-state index in [2.05, 4.69) is 21.3 Å². The molecule has 1 saturated heterocycles. The Balaban J connectivity index is 1.81. The van der Waals surface area contributed by atoms with E-state index in [1.165, 1.54) is 12.1 Å². The van der Waals surface area contributed by atoms with Gasteiger partial charge in [0.05, 0.1) is 6.04 Å².